The number of fused-ring (bicyclic) bond motifs is 1. The van der Waals surface area contributed by atoms with Gasteiger partial charge in [-0.1, -0.05) is 23.2 Å². The smallest absolute Gasteiger partial charge is 0.381 e. The Morgan fingerprint density at radius 2 is 1.70 bits per heavy atom. The number of aldehydes is 1. The molecule has 5 nitrogen and oxygen atoms in total. The van der Waals surface area contributed by atoms with E-state index in [1.54, 1.807) is 0 Å². The van der Waals surface area contributed by atoms with Crippen molar-refractivity contribution < 1.29 is 22.8 Å². The van der Waals surface area contributed by atoms with Gasteiger partial charge in [0.05, 0.1) is 37.9 Å². The highest BCUT2D eigenvalue weighted by Crippen LogP contribution is 2.44. The molecule has 40 heavy (non-hydrogen) atoms. The van der Waals surface area contributed by atoms with Gasteiger partial charge >= 0.3 is 6.18 Å². The number of hydrogen-bond acceptors (Lipinski definition) is 5. The molecular weight excluding hydrogens is 562 g/mol. The van der Waals surface area contributed by atoms with Gasteiger partial charge in [-0.05, 0) is 93.9 Å². The molecule has 1 heterocycles. The zero-order chi connectivity index (χ0) is 28.8. The third-order valence-corrected chi connectivity index (χ3v) is 8.48. The molecule has 0 aliphatic heterocycles. The van der Waals surface area contributed by atoms with Crippen LogP contribution in [0.1, 0.15) is 64.8 Å². The lowest BCUT2D eigenvalue weighted by molar-refractivity contribution is -0.137. The van der Waals surface area contributed by atoms with Crippen LogP contribution in [0.3, 0.4) is 0 Å². The predicted molar refractivity (Wildman–Crippen MR) is 153 cm³/mol. The highest BCUT2D eigenvalue weighted by atomic mass is 35.5. The van der Waals surface area contributed by atoms with E-state index in [2.05, 4.69) is 29.3 Å². The first-order chi connectivity index (χ1) is 19.0. The van der Waals surface area contributed by atoms with Crippen LogP contribution in [0.5, 0.6) is 0 Å². The molecular formula is C30H30Cl2F3N3O2. The molecule has 1 aromatic heterocycles. The minimum atomic E-state index is -4.70. The molecule has 212 valence electrons. The van der Waals surface area contributed by atoms with Gasteiger partial charge < -0.3 is 10.2 Å². The van der Waals surface area contributed by atoms with E-state index in [-0.39, 0.29) is 50.0 Å². The van der Waals surface area contributed by atoms with Crippen molar-refractivity contribution >= 4 is 51.9 Å². The van der Waals surface area contributed by atoms with Crippen LogP contribution in [0.2, 0.25) is 10.0 Å². The number of pyridine rings is 1. The topological polar surface area (TPSA) is 62.3 Å². The third kappa shape index (κ3) is 5.99. The molecule has 5 rings (SSSR count). The summed E-state index contributed by atoms with van der Waals surface area (Å²) in [7, 11) is 4.12. The number of nitrogens with one attached hydrogen (secondary N) is 1. The molecule has 2 aliphatic rings. The normalized spacial score (nSPS) is 19.7. The summed E-state index contributed by atoms with van der Waals surface area (Å²) in [5.74, 6) is 0.457. The summed E-state index contributed by atoms with van der Waals surface area (Å²) in [6.07, 6.45) is 2.60. The van der Waals surface area contributed by atoms with Gasteiger partial charge in [-0.2, -0.15) is 13.2 Å². The van der Waals surface area contributed by atoms with E-state index in [0.29, 0.717) is 28.8 Å². The van der Waals surface area contributed by atoms with E-state index in [9.17, 15) is 22.8 Å². The lowest BCUT2D eigenvalue weighted by atomic mass is 9.85. The van der Waals surface area contributed by atoms with Crippen molar-refractivity contribution in [3.05, 3.63) is 57.2 Å². The number of hydrogen-bond donors (Lipinski definition) is 1. The molecule has 0 amide bonds. The zero-order valence-electron chi connectivity index (χ0n) is 22.2. The summed E-state index contributed by atoms with van der Waals surface area (Å²) in [5.41, 5.74) is 0.121. The maximum atomic E-state index is 14.3. The fraction of sp³-hybridized carbons (Fsp3) is 0.433. The van der Waals surface area contributed by atoms with Gasteiger partial charge in [0, 0.05) is 30.1 Å². The largest absolute Gasteiger partial charge is 0.417 e. The second kappa shape index (κ2) is 11.3. The van der Waals surface area contributed by atoms with E-state index >= 15 is 0 Å². The van der Waals surface area contributed by atoms with Gasteiger partial charge in [-0.15, -0.1) is 0 Å². The van der Waals surface area contributed by atoms with Crippen molar-refractivity contribution in [1.29, 1.82) is 0 Å². The molecule has 0 atom stereocenters. The summed E-state index contributed by atoms with van der Waals surface area (Å²) in [4.78, 5) is 31.2. The van der Waals surface area contributed by atoms with Crippen LogP contribution >= 0.6 is 23.2 Å². The molecule has 2 aliphatic carbocycles. The summed E-state index contributed by atoms with van der Waals surface area (Å²) >= 11 is 12.4. The maximum absolute atomic E-state index is 14.3. The van der Waals surface area contributed by atoms with Gasteiger partial charge in [0.15, 0.2) is 12.1 Å². The lowest BCUT2D eigenvalue weighted by Crippen LogP contribution is -2.31. The first-order valence-electron chi connectivity index (χ1n) is 13.4. The van der Waals surface area contributed by atoms with E-state index in [4.69, 9.17) is 23.2 Å². The van der Waals surface area contributed by atoms with E-state index in [0.717, 1.165) is 51.1 Å². The molecule has 2 saturated carbocycles. The third-order valence-electron chi connectivity index (χ3n) is 7.85. The molecule has 2 aromatic carbocycles. The highest BCUT2D eigenvalue weighted by Gasteiger charge is 2.37. The number of benzene rings is 2. The molecule has 0 spiro atoms. The number of nitrogens with zero attached hydrogens (tertiary/aromatic N) is 2. The summed E-state index contributed by atoms with van der Waals surface area (Å²) in [5, 5.41) is 3.89. The first kappa shape index (κ1) is 28.8. The molecule has 0 bridgehead atoms. The number of carbonyl (C=O) groups is 2. The van der Waals surface area contributed by atoms with Crippen molar-refractivity contribution in [2.45, 2.75) is 50.7 Å². The van der Waals surface area contributed by atoms with Gasteiger partial charge in [0.2, 0.25) is 0 Å². The monoisotopic (exact) mass is 591 g/mol. The Morgan fingerprint density at radius 1 is 1.05 bits per heavy atom. The first-order valence-corrected chi connectivity index (χ1v) is 14.2. The molecule has 0 unspecified atom stereocenters. The molecule has 1 N–H and O–H groups in total. The van der Waals surface area contributed by atoms with Crippen LogP contribution in [0.25, 0.3) is 22.0 Å². The van der Waals surface area contributed by atoms with E-state index < -0.39 is 11.7 Å². The fourth-order valence-electron chi connectivity index (χ4n) is 5.68. The van der Waals surface area contributed by atoms with Gasteiger partial charge in [0.1, 0.15) is 0 Å². The number of aromatic nitrogens is 1. The summed E-state index contributed by atoms with van der Waals surface area (Å²) in [6, 6.07) is 5.11. The second-order valence-electron chi connectivity index (χ2n) is 11.2. The molecule has 0 radical (unpaired) electrons. The van der Waals surface area contributed by atoms with Crippen LogP contribution in [-0.4, -0.2) is 48.6 Å². The van der Waals surface area contributed by atoms with Crippen molar-refractivity contribution in [3.63, 3.8) is 0 Å². The number of alkyl halides is 3. The maximum Gasteiger partial charge on any atom is 0.417 e. The van der Waals surface area contributed by atoms with Gasteiger partial charge in [0.25, 0.3) is 0 Å². The van der Waals surface area contributed by atoms with E-state index in [1.165, 1.54) is 24.4 Å². The van der Waals surface area contributed by atoms with Crippen molar-refractivity contribution in [2.24, 2.45) is 11.8 Å². The lowest BCUT2D eigenvalue weighted by Gasteiger charge is -2.32. The fourth-order valence-corrected chi connectivity index (χ4v) is 6.26. The van der Waals surface area contributed by atoms with Crippen LogP contribution in [0, 0.1) is 11.8 Å². The van der Waals surface area contributed by atoms with Gasteiger partial charge in [-0.3, -0.25) is 14.6 Å². The van der Waals surface area contributed by atoms with Crippen molar-refractivity contribution in [3.8, 4) is 11.1 Å². The number of Topliss-reactive ketones (excluding diaryl/α,β-unsaturated/α-hetero) is 1. The number of anilines is 1. The van der Waals surface area contributed by atoms with Crippen LogP contribution in [0.4, 0.5) is 18.9 Å². The average Bonchev–Trinajstić information content (AvgIpc) is 3.73. The molecule has 3 aromatic rings. The highest BCUT2D eigenvalue weighted by molar-refractivity contribution is 6.39. The van der Waals surface area contributed by atoms with Crippen LogP contribution in [0.15, 0.2) is 30.5 Å². The molecule has 0 saturated heterocycles. The Morgan fingerprint density at radius 3 is 2.25 bits per heavy atom. The molecule has 10 heteroatoms. The number of carbonyl (C=O) groups excluding carboxylic acids is 2. The minimum Gasteiger partial charge on any atom is -0.381 e. The quantitative estimate of drug-likeness (QED) is 0.211. The Kier molecular flexibility index (Phi) is 8.15. The number of halogens is 5. The van der Waals surface area contributed by atoms with E-state index in [1.807, 2.05) is 0 Å². The summed E-state index contributed by atoms with van der Waals surface area (Å²) < 4.78 is 42.9. The number of ketones is 1. The Bertz CT molecular complexity index is 1440. The minimum absolute atomic E-state index is 0.00707. The number of rotatable bonds is 8. The Balaban J connectivity index is 1.64. The van der Waals surface area contributed by atoms with Crippen molar-refractivity contribution in [1.82, 2.24) is 9.88 Å². The van der Waals surface area contributed by atoms with Crippen molar-refractivity contribution in [2.75, 3.05) is 26.0 Å². The molecule has 2 fully saturated rings. The SMILES string of the molecule is CN(C)CC1CCC(Nc2c(C(=O)C3CC3)cnc3cc(C(F)(F)F)c(-c4cc(Cl)c(C=O)c(Cl)c4)cc23)CC1. The standard InChI is InChI=1S/C30H30Cl2F3N3O2/c1-38(2)14-16-3-7-19(8-4-16)37-28-21-11-20(18-9-25(31)23(15-39)26(32)10-18)24(30(33,34)35)12-27(21)36-13-22(28)29(40)17-5-6-17/h9-13,15-17,19H,3-8,14H2,1-2H3,(H,36,37). The Labute approximate surface area is 241 Å². The summed E-state index contributed by atoms with van der Waals surface area (Å²) in [6.45, 7) is 1.01. The Hall–Kier alpha value is -2.68. The van der Waals surface area contributed by atoms with Gasteiger partial charge in [-0.25, -0.2) is 0 Å². The zero-order valence-corrected chi connectivity index (χ0v) is 23.8. The van der Waals surface area contributed by atoms with Crippen LogP contribution in [-0.2, 0) is 6.18 Å². The van der Waals surface area contributed by atoms with Crippen LogP contribution < -0.4 is 5.32 Å². The average molecular weight is 592 g/mol. The second-order valence-corrected chi connectivity index (χ2v) is 12.0. The predicted octanol–water partition coefficient (Wildman–Crippen LogP) is 8.16.